The number of hydrogen-bond donors (Lipinski definition) is 1. The van der Waals surface area contributed by atoms with Crippen LogP contribution in [0.4, 0.5) is 4.79 Å². The van der Waals surface area contributed by atoms with Crippen molar-refractivity contribution in [1.29, 1.82) is 0 Å². The minimum atomic E-state index is -1.14. The van der Waals surface area contributed by atoms with Crippen molar-refractivity contribution in [2.24, 2.45) is 0 Å². The summed E-state index contributed by atoms with van der Waals surface area (Å²) in [5, 5.41) is 16.4. The number of nitrogens with zero attached hydrogens (tertiary/aromatic N) is 5. The van der Waals surface area contributed by atoms with E-state index < -0.39 is 11.6 Å². The molecule has 0 unspecified atom stereocenters. The lowest BCUT2D eigenvalue weighted by atomic mass is 9.88. The third-order valence-corrected chi connectivity index (χ3v) is 4.94. The van der Waals surface area contributed by atoms with Crippen molar-refractivity contribution < 1.29 is 9.59 Å². The fraction of sp³-hybridized carbons (Fsp3) is 0.316. The summed E-state index contributed by atoms with van der Waals surface area (Å²) in [6, 6.07) is 13.1. The van der Waals surface area contributed by atoms with Gasteiger partial charge in [0.25, 0.3) is 5.91 Å². The van der Waals surface area contributed by atoms with Gasteiger partial charge in [0.2, 0.25) is 0 Å². The highest BCUT2D eigenvalue weighted by Crippen LogP contribution is 2.34. The zero-order valence-corrected chi connectivity index (χ0v) is 15.2. The van der Waals surface area contributed by atoms with Crippen LogP contribution in [0.15, 0.2) is 42.5 Å². The first-order valence-corrected chi connectivity index (χ1v) is 8.92. The Labute approximate surface area is 156 Å². The van der Waals surface area contributed by atoms with Crippen LogP contribution >= 0.6 is 0 Å². The number of tetrazole rings is 1. The third kappa shape index (κ3) is 2.73. The van der Waals surface area contributed by atoms with Crippen molar-refractivity contribution >= 4 is 22.7 Å². The molecule has 2 heterocycles. The molecule has 0 aliphatic carbocycles. The molecule has 0 bridgehead atoms. The van der Waals surface area contributed by atoms with Gasteiger partial charge in [0.15, 0.2) is 5.82 Å². The number of aryl methyl sites for hydroxylation is 1. The monoisotopic (exact) mass is 364 g/mol. The molecule has 1 N–H and O–H groups in total. The fourth-order valence-corrected chi connectivity index (χ4v) is 3.55. The molecule has 8 nitrogen and oxygen atoms in total. The maximum absolute atomic E-state index is 13.2. The highest BCUT2D eigenvalue weighted by atomic mass is 16.2. The Hall–Kier alpha value is -3.29. The maximum Gasteiger partial charge on any atom is 0.325 e. The van der Waals surface area contributed by atoms with Crippen molar-refractivity contribution in [3.8, 4) is 0 Å². The summed E-state index contributed by atoms with van der Waals surface area (Å²) in [5.41, 5.74) is -0.365. The first-order valence-electron chi connectivity index (χ1n) is 8.92. The number of aromatic nitrogens is 4. The Morgan fingerprint density at radius 3 is 2.70 bits per heavy atom. The van der Waals surface area contributed by atoms with Crippen molar-refractivity contribution in [1.82, 2.24) is 30.4 Å². The van der Waals surface area contributed by atoms with Gasteiger partial charge in [-0.05, 0) is 40.1 Å². The van der Waals surface area contributed by atoms with Gasteiger partial charge in [-0.25, -0.2) is 9.48 Å². The molecule has 1 aliphatic heterocycles. The van der Waals surface area contributed by atoms with E-state index in [2.05, 4.69) is 20.8 Å². The summed E-state index contributed by atoms with van der Waals surface area (Å²) in [7, 11) is 0. The summed E-state index contributed by atoms with van der Waals surface area (Å²) in [6.07, 6.45) is 0.853. The van der Waals surface area contributed by atoms with Gasteiger partial charge >= 0.3 is 6.03 Å². The first kappa shape index (κ1) is 17.1. The molecule has 3 amide bonds. The van der Waals surface area contributed by atoms with Crippen molar-refractivity contribution in [3.05, 3.63) is 53.9 Å². The molecule has 138 valence electrons. The van der Waals surface area contributed by atoms with E-state index in [-0.39, 0.29) is 12.5 Å². The molecule has 4 rings (SSSR count). The van der Waals surface area contributed by atoms with E-state index in [4.69, 9.17) is 0 Å². The molecule has 27 heavy (non-hydrogen) atoms. The normalized spacial score (nSPS) is 19.7. The van der Waals surface area contributed by atoms with Crippen LogP contribution in [0.2, 0.25) is 0 Å². The summed E-state index contributed by atoms with van der Waals surface area (Å²) in [6.45, 7) is 4.42. The van der Waals surface area contributed by atoms with E-state index in [9.17, 15) is 9.59 Å². The second kappa shape index (κ2) is 6.46. The molecule has 1 atom stereocenters. The van der Waals surface area contributed by atoms with Crippen molar-refractivity contribution in [3.63, 3.8) is 0 Å². The number of carbonyl (C=O) groups is 2. The second-order valence-corrected chi connectivity index (χ2v) is 6.79. The molecule has 8 heteroatoms. The Morgan fingerprint density at radius 1 is 1.11 bits per heavy atom. The smallest absolute Gasteiger partial charge is 0.319 e. The Morgan fingerprint density at radius 2 is 1.89 bits per heavy atom. The summed E-state index contributed by atoms with van der Waals surface area (Å²) >= 11 is 0. The molecule has 1 fully saturated rings. The lowest BCUT2D eigenvalue weighted by Gasteiger charge is -2.24. The molecule has 3 aromatic rings. The van der Waals surface area contributed by atoms with Gasteiger partial charge < -0.3 is 5.32 Å². The number of carbonyl (C=O) groups excluding carboxylic acids is 2. The van der Waals surface area contributed by atoms with Gasteiger partial charge in [0, 0.05) is 6.54 Å². The minimum Gasteiger partial charge on any atom is -0.319 e. The molecule has 1 saturated heterocycles. The van der Waals surface area contributed by atoms with Crippen LogP contribution in [0.5, 0.6) is 0 Å². The van der Waals surface area contributed by atoms with Crippen LogP contribution in [-0.4, -0.2) is 37.0 Å². The average molecular weight is 364 g/mol. The highest BCUT2D eigenvalue weighted by molar-refractivity contribution is 6.09. The van der Waals surface area contributed by atoms with Gasteiger partial charge in [-0.2, -0.15) is 0 Å². The Bertz CT molecular complexity index is 1020. The Balaban J connectivity index is 1.70. The number of benzene rings is 2. The number of fused-ring (bicyclic) bond motifs is 1. The number of rotatable bonds is 5. The van der Waals surface area contributed by atoms with Crippen LogP contribution < -0.4 is 5.32 Å². The van der Waals surface area contributed by atoms with Gasteiger partial charge in [-0.15, -0.1) is 5.10 Å². The number of nitrogens with one attached hydrogen (secondary N) is 1. The molecule has 0 radical (unpaired) electrons. The molecule has 0 saturated carbocycles. The van der Waals surface area contributed by atoms with Crippen molar-refractivity contribution in [2.45, 2.75) is 38.9 Å². The van der Waals surface area contributed by atoms with E-state index in [1.807, 2.05) is 49.4 Å². The number of amides is 3. The number of urea groups is 1. The summed E-state index contributed by atoms with van der Waals surface area (Å²) in [5.74, 6) is 0.178. The summed E-state index contributed by atoms with van der Waals surface area (Å²) in [4.78, 5) is 27.0. The standard InChI is InChI=1S/C19H20N6O2/c1-3-11-25-16(21-22-23-25)12-24-17(26)19(2,20-18(24)27)15-10-6-8-13-7-4-5-9-14(13)15/h4-10H,3,11-12H2,1-2H3,(H,20,27)/t19-/m0/s1. The molecule has 2 aromatic carbocycles. The number of hydrogen-bond acceptors (Lipinski definition) is 5. The molecular formula is C19H20N6O2. The zero-order chi connectivity index (χ0) is 19.0. The Kier molecular flexibility index (Phi) is 4.10. The second-order valence-electron chi connectivity index (χ2n) is 6.79. The quantitative estimate of drug-likeness (QED) is 0.701. The van der Waals surface area contributed by atoms with Crippen LogP contribution in [0, 0.1) is 0 Å². The summed E-state index contributed by atoms with van der Waals surface area (Å²) < 4.78 is 1.62. The van der Waals surface area contributed by atoms with Crippen LogP contribution in [0.1, 0.15) is 31.7 Å². The van der Waals surface area contributed by atoms with Gasteiger partial charge in [0.1, 0.15) is 5.54 Å². The maximum atomic E-state index is 13.2. The van der Waals surface area contributed by atoms with E-state index >= 15 is 0 Å². The topological polar surface area (TPSA) is 93.0 Å². The number of imide groups is 1. The molecule has 1 aromatic heterocycles. The first-order chi connectivity index (χ1) is 13.0. The lowest BCUT2D eigenvalue weighted by Crippen LogP contribution is -2.41. The van der Waals surface area contributed by atoms with Gasteiger partial charge in [-0.1, -0.05) is 49.4 Å². The lowest BCUT2D eigenvalue weighted by molar-refractivity contribution is -0.131. The van der Waals surface area contributed by atoms with Crippen LogP contribution in [0.3, 0.4) is 0 Å². The highest BCUT2D eigenvalue weighted by Gasteiger charge is 2.49. The largest absolute Gasteiger partial charge is 0.325 e. The van der Waals surface area contributed by atoms with Crippen LogP contribution in [0.25, 0.3) is 10.8 Å². The van der Waals surface area contributed by atoms with Crippen LogP contribution in [-0.2, 0) is 23.4 Å². The van der Waals surface area contributed by atoms with E-state index in [0.29, 0.717) is 12.4 Å². The van der Waals surface area contributed by atoms with Gasteiger partial charge in [0.05, 0.1) is 6.54 Å². The predicted octanol–water partition coefficient (Wildman–Crippen LogP) is 2.20. The minimum absolute atomic E-state index is 0.0397. The van der Waals surface area contributed by atoms with Crippen molar-refractivity contribution in [2.75, 3.05) is 0 Å². The average Bonchev–Trinajstić information content (AvgIpc) is 3.20. The van der Waals surface area contributed by atoms with E-state index in [1.54, 1.807) is 11.6 Å². The zero-order valence-electron chi connectivity index (χ0n) is 15.2. The van der Waals surface area contributed by atoms with E-state index in [0.717, 1.165) is 22.8 Å². The third-order valence-electron chi connectivity index (χ3n) is 4.94. The molecule has 0 spiro atoms. The predicted molar refractivity (Wildman–Crippen MR) is 98.5 cm³/mol. The van der Waals surface area contributed by atoms with Gasteiger partial charge in [-0.3, -0.25) is 9.69 Å². The SMILES string of the molecule is CCCn1nnnc1CN1C(=O)N[C@@](C)(c2cccc3ccccc23)C1=O. The fourth-order valence-electron chi connectivity index (χ4n) is 3.55. The van der Waals surface area contributed by atoms with E-state index in [1.165, 1.54) is 4.90 Å². The molecule has 1 aliphatic rings. The molecular weight excluding hydrogens is 344 g/mol.